The van der Waals surface area contributed by atoms with E-state index in [2.05, 4.69) is 15.0 Å². The fraction of sp³-hybridized carbons (Fsp3) is 0.0909. The molecule has 7 heteroatoms. The SMILES string of the molecule is Nc1ncc2c(n1)[nH]c1ccc(C(F)(F)F)cc12. The lowest BCUT2D eigenvalue weighted by Crippen LogP contribution is -2.03. The highest BCUT2D eigenvalue weighted by molar-refractivity contribution is 6.05. The molecule has 0 aliphatic carbocycles. The van der Waals surface area contributed by atoms with E-state index in [-0.39, 0.29) is 5.95 Å². The van der Waals surface area contributed by atoms with Gasteiger partial charge in [0, 0.05) is 22.5 Å². The molecule has 2 heterocycles. The molecule has 0 amide bonds. The Labute approximate surface area is 98.6 Å². The number of nitrogens with zero attached hydrogens (tertiary/aromatic N) is 2. The van der Waals surface area contributed by atoms with Crippen LogP contribution in [0.25, 0.3) is 21.9 Å². The van der Waals surface area contributed by atoms with E-state index in [1.807, 2.05) is 0 Å². The fourth-order valence-electron chi connectivity index (χ4n) is 1.87. The van der Waals surface area contributed by atoms with Gasteiger partial charge in [0.05, 0.1) is 5.56 Å². The summed E-state index contributed by atoms with van der Waals surface area (Å²) in [4.78, 5) is 10.6. The summed E-state index contributed by atoms with van der Waals surface area (Å²) in [6, 6.07) is 3.47. The maximum Gasteiger partial charge on any atom is 0.416 e. The Morgan fingerprint density at radius 3 is 2.67 bits per heavy atom. The standard InChI is InChI=1S/C11H7F3N4/c12-11(13,14)5-1-2-8-6(3-5)7-4-16-10(15)18-9(7)17-8/h1-4H,(H3,15,16,17,18). The Balaban J connectivity index is 2.36. The van der Waals surface area contributed by atoms with Gasteiger partial charge in [-0.3, -0.25) is 0 Å². The topological polar surface area (TPSA) is 67.6 Å². The molecule has 18 heavy (non-hydrogen) atoms. The molecule has 0 bridgehead atoms. The lowest BCUT2D eigenvalue weighted by atomic mass is 10.1. The van der Waals surface area contributed by atoms with Gasteiger partial charge in [0.2, 0.25) is 5.95 Å². The zero-order valence-corrected chi connectivity index (χ0v) is 8.92. The number of hydrogen-bond acceptors (Lipinski definition) is 3. The van der Waals surface area contributed by atoms with Crippen molar-refractivity contribution in [2.75, 3.05) is 5.73 Å². The van der Waals surface area contributed by atoms with Crippen LogP contribution in [0, 0.1) is 0 Å². The highest BCUT2D eigenvalue weighted by atomic mass is 19.4. The molecule has 0 fully saturated rings. The number of alkyl halides is 3. The third-order valence-corrected chi connectivity index (χ3v) is 2.70. The molecule has 0 spiro atoms. The first-order valence-corrected chi connectivity index (χ1v) is 5.06. The van der Waals surface area contributed by atoms with Crippen molar-refractivity contribution in [2.45, 2.75) is 6.18 Å². The minimum Gasteiger partial charge on any atom is -0.368 e. The van der Waals surface area contributed by atoms with Crippen molar-refractivity contribution >= 4 is 27.9 Å². The molecular weight excluding hydrogens is 245 g/mol. The van der Waals surface area contributed by atoms with Crippen LogP contribution < -0.4 is 5.73 Å². The number of benzene rings is 1. The molecule has 0 aliphatic rings. The first kappa shape index (κ1) is 10.8. The zero-order valence-electron chi connectivity index (χ0n) is 8.92. The number of anilines is 1. The summed E-state index contributed by atoms with van der Waals surface area (Å²) < 4.78 is 37.9. The molecular formula is C11H7F3N4. The van der Waals surface area contributed by atoms with Crippen molar-refractivity contribution in [3.05, 3.63) is 30.0 Å². The average Bonchev–Trinajstić information content (AvgIpc) is 2.63. The third kappa shape index (κ3) is 1.55. The first-order valence-electron chi connectivity index (χ1n) is 5.06. The molecule has 92 valence electrons. The summed E-state index contributed by atoms with van der Waals surface area (Å²) >= 11 is 0. The molecule has 0 saturated heterocycles. The summed E-state index contributed by atoms with van der Waals surface area (Å²) in [6.07, 6.45) is -2.96. The van der Waals surface area contributed by atoms with Crippen molar-refractivity contribution in [3.8, 4) is 0 Å². The van der Waals surface area contributed by atoms with Crippen molar-refractivity contribution in [1.29, 1.82) is 0 Å². The molecule has 0 saturated carbocycles. The van der Waals surface area contributed by atoms with E-state index in [4.69, 9.17) is 5.73 Å². The predicted molar refractivity (Wildman–Crippen MR) is 60.8 cm³/mol. The Bertz CT molecular complexity index is 745. The number of nitrogen functional groups attached to an aromatic ring is 1. The molecule has 0 radical (unpaired) electrons. The van der Waals surface area contributed by atoms with Crippen LogP contribution in [-0.4, -0.2) is 15.0 Å². The molecule has 4 nitrogen and oxygen atoms in total. The first-order chi connectivity index (χ1) is 8.45. The quantitative estimate of drug-likeness (QED) is 0.646. The highest BCUT2D eigenvalue weighted by Crippen LogP contribution is 2.33. The summed E-state index contributed by atoms with van der Waals surface area (Å²) in [5.74, 6) is 0.0742. The van der Waals surface area contributed by atoms with Gasteiger partial charge in [-0.05, 0) is 18.2 Å². The van der Waals surface area contributed by atoms with Gasteiger partial charge in [-0.25, -0.2) is 4.98 Å². The zero-order chi connectivity index (χ0) is 12.9. The minimum absolute atomic E-state index is 0.0742. The second kappa shape index (κ2) is 3.34. The Morgan fingerprint density at radius 2 is 1.94 bits per heavy atom. The van der Waals surface area contributed by atoms with E-state index in [0.717, 1.165) is 12.1 Å². The molecule has 3 aromatic rings. The number of nitrogens with one attached hydrogen (secondary N) is 1. The van der Waals surface area contributed by atoms with Crippen LogP contribution in [0.1, 0.15) is 5.56 Å². The molecule has 3 rings (SSSR count). The summed E-state index contributed by atoms with van der Waals surface area (Å²) in [6.45, 7) is 0. The van der Waals surface area contributed by atoms with Crippen LogP contribution in [0.3, 0.4) is 0 Å². The van der Waals surface area contributed by atoms with Gasteiger partial charge in [0.15, 0.2) is 0 Å². The summed E-state index contributed by atoms with van der Waals surface area (Å²) in [5, 5.41) is 0.949. The van der Waals surface area contributed by atoms with Gasteiger partial charge >= 0.3 is 6.18 Å². The summed E-state index contributed by atoms with van der Waals surface area (Å²) in [7, 11) is 0. The maximum atomic E-state index is 12.6. The van der Waals surface area contributed by atoms with Gasteiger partial charge in [0.25, 0.3) is 0 Å². The van der Waals surface area contributed by atoms with E-state index in [9.17, 15) is 13.2 Å². The van der Waals surface area contributed by atoms with Crippen LogP contribution in [0.4, 0.5) is 19.1 Å². The number of aromatic nitrogens is 3. The van der Waals surface area contributed by atoms with Crippen LogP contribution in [0.15, 0.2) is 24.4 Å². The molecule has 3 N–H and O–H groups in total. The Kier molecular flexibility index (Phi) is 2.01. The van der Waals surface area contributed by atoms with E-state index in [1.54, 1.807) is 0 Å². The Morgan fingerprint density at radius 1 is 1.17 bits per heavy atom. The van der Waals surface area contributed by atoms with E-state index in [0.29, 0.717) is 21.9 Å². The number of H-pyrrole nitrogens is 1. The fourth-order valence-corrected chi connectivity index (χ4v) is 1.87. The van der Waals surface area contributed by atoms with Crippen molar-refractivity contribution in [2.24, 2.45) is 0 Å². The molecule has 2 aromatic heterocycles. The number of aromatic amines is 1. The van der Waals surface area contributed by atoms with E-state index >= 15 is 0 Å². The van der Waals surface area contributed by atoms with E-state index < -0.39 is 11.7 Å². The van der Waals surface area contributed by atoms with Crippen molar-refractivity contribution in [3.63, 3.8) is 0 Å². The molecule has 0 unspecified atom stereocenters. The van der Waals surface area contributed by atoms with Crippen LogP contribution in [0.2, 0.25) is 0 Å². The van der Waals surface area contributed by atoms with Crippen molar-refractivity contribution < 1.29 is 13.2 Å². The average molecular weight is 252 g/mol. The third-order valence-electron chi connectivity index (χ3n) is 2.70. The van der Waals surface area contributed by atoms with Crippen LogP contribution >= 0.6 is 0 Å². The lowest BCUT2D eigenvalue weighted by Gasteiger charge is -2.05. The number of halogens is 3. The largest absolute Gasteiger partial charge is 0.416 e. The second-order valence-electron chi connectivity index (χ2n) is 3.87. The normalized spacial score (nSPS) is 12.4. The molecule has 0 atom stereocenters. The smallest absolute Gasteiger partial charge is 0.368 e. The van der Waals surface area contributed by atoms with Gasteiger partial charge in [-0.2, -0.15) is 18.2 Å². The Hall–Kier alpha value is -2.31. The van der Waals surface area contributed by atoms with Gasteiger partial charge < -0.3 is 10.7 Å². The maximum absolute atomic E-state index is 12.6. The molecule has 1 aromatic carbocycles. The monoisotopic (exact) mass is 252 g/mol. The van der Waals surface area contributed by atoms with Crippen molar-refractivity contribution in [1.82, 2.24) is 15.0 Å². The van der Waals surface area contributed by atoms with E-state index in [1.165, 1.54) is 12.3 Å². The summed E-state index contributed by atoms with van der Waals surface area (Å²) in [5.41, 5.74) is 5.72. The second-order valence-corrected chi connectivity index (χ2v) is 3.87. The number of hydrogen-bond donors (Lipinski definition) is 2. The van der Waals surface area contributed by atoms with Gasteiger partial charge in [-0.1, -0.05) is 0 Å². The van der Waals surface area contributed by atoms with Gasteiger partial charge in [0.1, 0.15) is 5.65 Å². The minimum atomic E-state index is -4.37. The number of rotatable bonds is 0. The van der Waals surface area contributed by atoms with Crippen LogP contribution in [0.5, 0.6) is 0 Å². The number of fused-ring (bicyclic) bond motifs is 3. The number of nitrogens with two attached hydrogens (primary N) is 1. The predicted octanol–water partition coefficient (Wildman–Crippen LogP) is 2.71. The highest BCUT2D eigenvalue weighted by Gasteiger charge is 2.30. The molecule has 0 aliphatic heterocycles. The van der Waals surface area contributed by atoms with Crippen LogP contribution in [-0.2, 0) is 6.18 Å². The van der Waals surface area contributed by atoms with Gasteiger partial charge in [-0.15, -0.1) is 0 Å². The lowest BCUT2D eigenvalue weighted by molar-refractivity contribution is -0.137.